The molecule has 1 atom stereocenters. The number of aromatic nitrogens is 4. The van der Waals surface area contributed by atoms with E-state index in [0.717, 1.165) is 27.0 Å². The van der Waals surface area contributed by atoms with Crippen molar-refractivity contribution >= 4 is 28.9 Å². The van der Waals surface area contributed by atoms with Crippen LogP contribution < -0.4 is 15.9 Å². The standard InChI is InChI=1S/C37H33N4O2P/c1-2-43-37(42)35(41-39-34(38-40-41)28-29-18-8-3-9-19-29)36(30-20-10-4-11-21-30)44(31-22-12-5-13-23-31,32-24-14-6-15-25-32)33-26-16-7-17-27-33/h3-27,36H,2,28H2,1H3/p+1/b37-35-. The summed E-state index contributed by atoms with van der Waals surface area (Å²) in [6.07, 6.45) is 0.510. The van der Waals surface area contributed by atoms with Gasteiger partial charge in [0.2, 0.25) is 0 Å². The summed E-state index contributed by atoms with van der Waals surface area (Å²) in [5, 5.41) is 29.2. The van der Waals surface area contributed by atoms with Crippen LogP contribution in [0, 0.1) is 0 Å². The van der Waals surface area contributed by atoms with Crippen LogP contribution in [-0.2, 0) is 11.2 Å². The fraction of sp³-hybridized carbons (Fsp3) is 0.108. The molecular weight excluding hydrogens is 563 g/mol. The first-order valence-electron chi connectivity index (χ1n) is 14.7. The van der Waals surface area contributed by atoms with E-state index in [-0.39, 0.29) is 12.6 Å². The quantitative estimate of drug-likeness (QED) is 0.133. The molecule has 6 aromatic rings. The number of ether oxygens (including phenoxy) is 1. The van der Waals surface area contributed by atoms with E-state index in [0.29, 0.717) is 17.9 Å². The van der Waals surface area contributed by atoms with E-state index in [1.54, 1.807) is 0 Å². The largest absolute Gasteiger partial charge is 0.479 e. The van der Waals surface area contributed by atoms with Crippen molar-refractivity contribution < 1.29 is 9.84 Å². The molecule has 44 heavy (non-hydrogen) atoms. The smallest absolute Gasteiger partial charge is 0.305 e. The molecule has 7 heteroatoms. The van der Waals surface area contributed by atoms with Gasteiger partial charge in [0.05, 0.1) is 6.61 Å². The normalized spacial score (nSPS) is 12.8. The first kappa shape index (κ1) is 29.0. The maximum atomic E-state index is 11.8. The summed E-state index contributed by atoms with van der Waals surface area (Å²) in [7, 11) is -2.67. The molecule has 0 bridgehead atoms. The van der Waals surface area contributed by atoms with Gasteiger partial charge in [-0.1, -0.05) is 115 Å². The van der Waals surface area contributed by atoms with E-state index >= 15 is 0 Å². The molecule has 0 aliphatic rings. The highest BCUT2D eigenvalue weighted by Crippen LogP contribution is 2.70. The predicted molar refractivity (Wildman–Crippen MR) is 179 cm³/mol. The molecule has 0 aliphatic carbocycles. The summed E-state index contributed by atoms with van der Waals surface area (Å²) in [4.78, 5) is 1.48. The van der Waals surface area contributed by atoms with Gasteiger partial charge < -0.3 is 9.84 Å². The molecule has 1 N–H and O–H groups in total. The molecule has 0 amide bonds. The Balaban J connectivity index is 1.68. The monoisotopic (exact) mass is 597 g/mol. The van der Waals surface area contributed by atoms with E-state index in [2.05, 4.69) is 95.2 Å². The van der Waals surface area contributed by atoms with Gasteiger partial charge in [0.25, 0.3) is 0 Å². The third-order valence-corrected chi connectivity index (χ3v) is 12.3. The van der Waals surface area contributed by atoms with Crippen LogP contribution in [0.2, 0.25) is 0 Å². The van der Waals surface area contributed by atoms with Gasteiger partial charge in [0.15, 0.2) is 17.2 Å². The molecule has 0 spiro atoms. The molecule has 1 unspecified atom stereocenters. The number of rotatable bonds is 11. The summed E-state index contributed by atoms with van der Waals surface area (Å²) < 4.78 is 5.92. The summed E-state index contributed by atoms with van der Waals surface area (Å²) in [5.74, 6) is 0.324. The van der Waals surface area contributed by atoms with E-state index in [9.17, 15) is 5.11 Å². The Bertz CT molecular complexity index is 1700. The van der Waals surface area contributed by atoms with Gasteiger partial charge in [-0.3, -0.25) is 0 Å². The van der Waals surface area contributed by atoms with Gasteiger partial charge in [-0.25, -0.2) is 0 Å². The van der Waals surface area contributed by atoms with Crippen LogP contribution in [0.4, 0.5) is 0 Å². The lowest BCUT2D eigenvalue weighted by Gasteiger charge is -2.35. The Morgan fingerprint density at radius 2 is 1.14 bits per heavy atom. The zero-order valence-corrected chi connectivity index (χ0v) is 25.4. The van der Waals surface area contributed by atoms with Crippen molar-refractivity contribution in [2.45, 2.75) is 19.0 Å². The second-order valence-corrected chi connectivity index (χ2v) is 13.8. The van der Waals surface area contributed by atoms with Crippen LogP contribution in [0.1, 0.15) is 29.5 Å². The van der Waals surface area contributed by atoms with Crippen LogP contribution in [0.15, 0.2) is 158 Å². The Hall–Kier alpha value is -5.06. The average molecular weight is 598 g/mol. The molecule has 0 fully saturated rings. The van der Waals surface area contributed by atoms with Crippen molar-refractivity contribution in [3.8, 4) is 0 Å². The van der Waals surface area contributed by atoms with Gasteiger partial charge in [0, 0.05) is 6.42 Å². The number of allylic oxidation sites excluding steroid dienone is 1. The summed E-state index contributed by atoms with van der Waals surface area (Å²) >= 11 is 0. The topological polar surface area (TPSA) is 73.1 Å². The maximum absolute atomic E-state index is 11.8. The number of tetrazole rings is 1. The Kier molecular flexibility index (Phi) is 8.90. The number of hydrogen-bond acceptors (Lipinski definition) is 5. The second kappa shape index (κ2) is 13.5. The number of nitrogens with zero attached hydrogens (tertiary/aromatic N) is 4. The second-order valence-electron chi connectivity index (χ2n) is 10.3. The van der Waals surface area contributed by atoms with Crippen molar-refractivity contribution in [3.05, 3.63) is 175 Å². The van der Waals surface area contributed by atoms with E-state index < -0.39 is 12.9 Å². The first-order chi connectivity index (χ1) is 21.7. The summed E-state index contributed by atoms with van der Waals surface area (Å²) in [6, 6.07) is 52.1. The van der Waals surface area contributed by atoms with Gasteiger partial charge in [0.1, 0.15) is 23.2 Å². The molecule has 0 saturated heterocycles. The lowest BCUT2D eigenvalue weighted by molar-refractivity contribution is 0.102. The van der Waals surface area contributed by atoms with Gasteiger partial charge >= 0.3 is 5.95 Å². The van der Waals surface area contributed by atoms with E-state index in [4.69, 9.17) is 9.84 Å². The molecule has 218 valence electrons. The van der Waals surface area contributed by atoms with Crippen LogP contribution in [0.25, 0.3) is 5.70 Å². The minimum absolute atomic E-state index is 0.225. The van der Waals surface area contributed by atoms with E-state index in [1.807, 2.05) is 73.7 Å². The van der Waals surface area contributed by atoms with Gasteiger partial charge in [-0.05, 0) is 59.7 Å². The lowest BCUT2D eigenvalue weighted by atomic mass is 10.1. The highest BCUT2D eigenvalue weighted by Gasteiger charge is 2.57. The van der Waals surface area contributed by atoms with Crippen LogP contribution >= 0.6 is 7.26 Å². The highest BCUT2D eigenvalue weighted by atomic mass is 31.2. The fourth-order valence-electron chi connectivity index (χ4n) is 5.80. The lowest BCUT2D eigenvalue weighted by Crippen LogP contribution is -2.37. The highest BCUT2D eigenvalue weighted by molar-refractivity contribution is 7.96. The minimum Gasteiger partial charge on any atom is -0.479 e. The van der Waals surface area contributed by atoms with Crippen LogP contribution in [0.5, 0.6) is 0 Å². The van der Waals surface area contributed by atoms with Gasteiger partial charge in [-0.2, -0.15) is 0 Å². The minimum atomic E-state index is -2.67. The molecule has 1 aromatic heterocycles. The third-order valence-electron chi connectivity index (χ3n) is 7.63. The van der Waals surface area contributed by atoms with Crippen molar-refractivity contribution in [3.63, 3.8) is 0 Å². The maximum Gasteiger partial charge on any atom is 0.305 e. The average Bonchev–Trinajstić information content (AvgIpc) is 3.54. The Morgan fingerprint density at radius 3 is 1.61 bits per heavy atom. The summed E-state index contributed by atoms with van der Waals surface area (Å²) in [5.41, 5.74) is 2.07. The molecule has 0 saturated carbocycles. The molecule has 6 nitrogen and oxygen atoms in total. The SMILES string of the molecule is CCO/C(O)=C(/C(c1ccccc1)[P+](c1ccccc1)(c1ccccc1)c1ccccc1)n1nnc(Cc2ccccc2)n1. The molecule has 1 heterocycles. The molecular formula is C37H34N4O2P+. The number of aliphatic hydroxyl groups excluding tert-OH is 1. The Labute approximate surface area is 258 Å². The molecule has 0 aliphatic heterocycles. The van der Waals surface area contributed by atoms with Crippen LogP contribution in [-0.4, -0.2) is 31.9 Å². The zero-order chi connectivity index (χ0) is 30.2. The Morgan fingerprint density at radius 1 is 0.682 bits per heavy atom. The fourth-order valence-corrected chi connectivity index (χ4v) is 10.7. The predicted octanol–water partition coefficient (Wildman–Crippen LogP) is 6.72. The molecule has 6 rings (SSSR count). The number of benzene rings is 5. The number of aliphatic hydroxyl groups is 1. The first-order valence-corrected chi connectivity index (χ1v) is 16.6. The van der Waals surface area contributed by atoms with Crippen molar-refractivity contribution in [2.75, 3.05) is 6.61 Å². The van der Waals surface area contributed by atoms with Crippen LogP contribution in [0.3, 0.4) is 0 Å². The van der Waals surface area contributed by atoms with Crippen molar-refractivity contribution in [1.29, 1.82) is 0 Å². The van der Waals surface area contributed by atoms with Crippen molar-refractivity contribution in [1.82, 2.24) is 20.2 Å². The molecule has 5 aromatic carbocycles. The third kappa shape index (κ3) is 5.77. The number of hydrogen-bond donors (Lipinski definition) is 1. The van der Waals surface area contributed by atoms with Crippen molar-refractivity contribution in [2.24, 2.45) is 0 Å². The van der Waals surface area contributed by atoms with Gasteiger partial charge in [-0.15, -0.1) is 15.0 Å². The summed E-state index contributed by atoms with van der Waals surface area (Å²) in [6.45, 7) is 2.13. The zero-order valence-electron chi connectivity index (χ0n) is 24.5. The molecule has 0 radical (unpaired) electrons. The van der Waals surface area contributed by atoms with E-state index in [1.165, 1.54) is 4.80 Å².